The fourth-order valence-corrected chi connectivity index (χ4v) is 5.91. The summed E-state index contributed by atoms with van der Waals surface area (Å²) in [5.41, 5.74) is 13.2. The number of aliphatic hydroxyl groups excluding tert-OH is 1. The lowest BCUT2D eigenvalue weighted by Crippen LogP contribution is -2.49. The van der Waals surface area contributed by atoms with E-state index in [1.807, 2.05) is 83.4 Å². The summed E-state index contributed by atoms with van der Waals surface area (Å²) in [7, 11) is 0. The number of halogens is 2. The molecule has 14 heteroatoms. The Hall–Kier alpha value is -4.66. The van der Waals surface area contributed by atoms with Gasteiger partial charge in [0.05, 0.1) is 18.1 Å². The molecule has 3 aromatic rings. The number of aromatic nitrogens is 1. The summed E-state index contributed by atoms with van der Waals surface area (Å²) in [5, 5.41) is 23.9. The van der Waals surface area contributed by atoms with E-state index in [9.17, 15) is 33.1 Å². The second kappa shape index (κ2) is 28.7. The van der Waals surface area contributed by atoms with Gasteiger partial charge in [0.25, 0.3) is 0 Å². The quantitative estimate of drug-likeness (QED) is 0.0713. The molecule has 1 aromatic heterocycles. The summed E-state index contributed by atoms with van der Waals surface area (Å²) in [4.78, 5) is 50.3. The first kappa shape index (κ1) is 53.3. The Morgan fingerprint density at radius 1 is 0.845 bits per heavy atom. The minimum absolute atomic E-state index is 0.0152. The number of carboxylic acid groups (broad SMARTS) is 1. The molecule has 0 bridgehead atoms. The lowest BCUT2D eigenvalue weighted by molar-refractivity contribution is -0.140. The monoisotopic (exact) mass is 817 g/mol. The number of rotatable bonds is 19. The molecule has 0 saturated heterocycles. The highest BCUT2D eigenvalue weighted by Crippen LogP contribution is 2.41. The van der Waals surface area contributed by atoms with E-state index in [1.165, 1.54) is 24.2 Å². The molecule has 2 aromatic carbocycles. The van der Waals surface area contributed by atoms with Crippen molar-refractivity contribution in [3.05, 3.63) is 83.7 Å². The molecule has 0 saturated carbocycles. The molecule has 0 fully saturated rings. The molecule has 1 heterocycles. The Morgan fingerprint density at radius 2 is 1.40 bits per heavy atom. The molecule has 0 aliphatic heterocycles. The number of carboxylic acids is 1. The number of hydrogen-bond acceptors (Lipinski definition) is 7. The zero-order valence-corrected chi connectivity index (χ0v) is 36.1. The molecule has 3 atom stereocenters. The van der Waals surface area contributed by atoms with Crippen molar-refractivity contribution < 1.29 is 38.2 Å². The molecule has 12 nitrogen and oxygen atoms in total. The largest absolute Gasteiger partial charge is 0.481 e. The highest BCUT2D eigenvalue weighted by atomic mass is 19.1. The molecule has 0 aliphatic rings. The maximum atomic E-state index is 15.0. The van der Waals surface area contributed by atoms with E-state index in [4.69, 9.17) is 16.6 Å². The number of aliphatic carboxylic acids is 1. The van der Waals surface area contributed by atoms with Crippen molar-refractivity contribution in [2.45, 2.75) is 126 Å². The van der Waals surface area contributed by atoms with E-state index >= 15 is 0 Å². The maximum absolute atomic E-state index is 15.0. The number of unbranched alkanes of at least 4 members (excludes halogenated alkanes) is 2. The normalized spacial score (nSPS) is 12.2. The van der Waals surface area contributed by atoms with E-state index in [1.54, 1.807) is 12.3 Å². The van der Waals surface area contributed by atoms with Gasteiger partial charge in [-0.15, -0.1) is 0 Å². The number of amides is 3. The second-order valence-corrected chi connectivity index (χ2v) is 14.3. The molecule has 326 valence electrons. The maximum Gasteiger partial charge on any atom is 0.303 e. The predicted octanol–water partition coefficient (Wildman–Crippen LogP) is 6.78. The van der Waals surface area contributed by atoms with Crippen molar-refractivity contribution in [2.75, 3.05) is 26.2 Å². The summed E-state index contributed by atoms with van der Waals surface area (Å²) in [6.45, 7) is 17.7. The van der Waals surface area contributed by atoms with Crippen LogP contribution in [0, 0.1) is 17.0 Å². The third-order valence-corrected chi connectivity index (χ3v) is 8.69. The molecule has 0 radical (unpaired) electrons. The number of nitrogens with two attached hydrogens (primary N) is 2. The van der Waals surface area contributed by atoms with E-state index < -0.39 is 65.5 Å². The fourth-order valence-electron chi connectivity index (χ4n) is 5.91. The zero-order valence-electron chi connectivity index (χ0n) is 36.1. The third-order valence-electron chi connectivity index (χ3n) is 8.69. The topological polar surface area (TPSA) is 193 Å². The molecule has 3 rings (SSSR count). The molecule has 3 unspecified atom stereocenters. The lowest BCUT2D eigenvalue weighted by atomic mass is 9.82. The lowest BCUT2D eigenvalue weighted by Gasteiger charge is -2.41. The number of nitrogens with zero attached hydrogens (tertiary/aromatic N) is 2. The number of aliphatic hydroxyl groups is 1. The molecule has 0 aliphatic carbocycles. The van der Waals surface area contributed by atoms with Gasteiger partial charge in [0.1, 0.15) is 18.2 Å². The number of hydrogen-bond donors (Lipinski definition) is 6. The van der Waals surface area contributed by atoms with Crippen LogP contribution in [0.5, 0.6) is 0 Å². The predicted molar refractivity (Wildman–Crippen MR) is 228 cm³/mol. The molecular weight excluding hydrogens is 747 g/mol. The summed E-state index contributed by atoms with van der Waals surface area (Å²) >= 11 is 0. The highest BCUT2D eigenvalue weighted by Gasteiger charge is 2.37. The van der Waals surface area contributed by atoms with E-state index in [-0.39, 0.29) is 44.5 Å². The van der Waals surface area contributed by atoms with Crippen LogP contribution in [0.3, 0.4) is 0 Å². The molecule has 0 spiro atoms. The number of benzene rings is 2. The van der Waals surface area contributed by atoms with Crippen LogP contribution in [-0.2, 0) is 25.7 Å². The van der Waals surface area contributed by atoms with E-state index in [0.29, 0.717) is 17.8 Å². The van der Waals surface area contributed by atoms with Crippen molar-refractivity contribution in [3.8, 4) is 11.1 Å². The smallest absolute Gasteiger partial charge is 0.303 e. The van der Waals surface area contributed by atoms with Crippen LogP contribution < -0.4 is 22.1 Å². The SMILES string of the molecule is CC.CC.CC(C)(C)C(c1cc(-c2cc(F)ccc2F)cn1Cc1ccccc1)N(CCC(N)C(=O)NCCNC(=O)C(N)CCC(=O)O)C(=O)CO.CCCCC. The highest BCUT2D eigenvalue weighted by molar-refractivity contribution is 5.83. The van der Waals surface area contributed by atoms with Gasteiger partial charge in [-0.05, 0) is 48.1 Å². The fraction of sp³-hybridized carbons (Fsp3) is 0.545. The van der Waals surface area contributed by atoms with Crippen molar-refractivity contribution in [3.63, 3.8) is 0 Å². The standard InChI is InChI=1S/C35H46F2N6O6.C5H12.2C2H6/c1-35(2,3)32(29-17-23(25-18-24(36)9-10-26(25)37)20-42(29)19-22-7-5-4-6-8-22)43(30(45)21-44)16-13-28(39)34(49)41-15-14-40-33(48)27(38)11-12-31(46)47;1-3-5-4-2;2*1-2/h4-10,17-18,20,27-28,32,44H,11-16,19,21,38-39H2,1-3H3,(H,40,48)(H,41,49)(H,46,47);3-5H2,1-2H3;2*1-2H3. The van der Waals surface area contributed by atoms with Gasteiger partial charge in [-0.2, -0.15) is 0 Å². The first-order chi connectivity index (χ1) is 27.5. The van der Waals surface area contributed by atoms with Crippen molar-refractivity contribution >= 4 is 23.7 Å². The van der Waals surface area contributed by atoms with Gasteiger partial charge in [0.15, 0.2) is 0 Å². The summed E-state index contributed by atoms with van der Waals surface area (Å²) < 4.78 is 31.1. The van der Waals surface area contributed by atoms with Gasteiger partial charge in [0, 0.05) is 55.6 Å². The van der Waals surface area contributed by atoms with Gasteiger partial charge in [-0.1, -0.05) is 112 Å². The molecular formula is C44H70F2N6O6. The molecule has 8 N–H and O–H groups in total. The van der Waals surface area contributed by atoms with Crippen LogP contribution in [0.4, 0.5) is 8.78 Å². The number of carbonyl (C=O) groups excluding carboxylic acids is 3. The Kier molecular flexibility index (Phi) is 26.4. The van der Waals surface area contributed by atoms with Gasteiger partial charge in [0.2, 0.25) is 17.7 Å². The van der Waals surface area contributed by atoms with Gasteiger partial charge < -0.3 is 41.8 Å². The summed E-state index contributed by atoms with van der Waals surface area (Å²) in [5.74, 6) is -3.98. The second-order valence-electron chi connectivity index (χ2n) is 14.3. The third kappa shape index (κ3) is 18.7. The summed E-state index contributed by atoms with van der Waals surface area (Å²) in [6.07, 6.45) is 5.51. The molecule has 3 amide bonds. The van der Waals surface area contributed by atoms with Crippen molar-refractivity contribution in [1.29, 1.82) is 0 Å². The number of carbonyl (C=O) groups is 4. The van der Waals surface area contributed by atoms with Crippen LogP contribution in [0.2, 0.25) is 0 Å². The first-order valence-electron chi connectivity index (χ1n) is 20.4. The first-order valence-corrected chi connectivity index (χ1v) is 20.4. The van der Waals surface area contributed by atoms with Crippen LogP contribution in [0.15, 0.2) is 60.8 Å². The van der Waals surface area contributed by atoms with Gasteiger partial charge in [-0.3, -0.25) is 19.2 Å². The Balaban J connectivity index is 0.00000329. The Labute approximate surface area is 344 Å². The zero-order chi connectivity index (χ0) is 44.4. The van der Waals surface area contributed by atoms with Crippen molar-refractivity contribution in [2.24, 2.45) is 16.9 Å². The van der Waals surface area contributed by atoms with Gasteiger partial charge >= 0.3 is 5.97 Å². The van der Waals surface area contributed by atoms with Crippen LogP contribution in [-0.4, -0.2) is 81.7 Å². The molecule has 58 heavy (non-hydrogen) atoms. The van der Waals surface area contributed by atoms with Gasteiger partial charge in [-0.25, -0.2) is 8.78 Å². The van der Waals surface area contributed by atoms with Crippen molar-refractivity contribution in [1.82, 2.24) is 20.1 Å². The van der Waals surface area contributed by atoms with Crippen LogP contribution in [0.25, 0.3) is 11.1 Å². The average molecular weight is 817 g/mol. The number of nitrogens with one attached hydrogen (secondary N) is 2. The van der Waals surface area contributed by atoms with Crippen LogP contribution in [0.1, 0.15) is 118 Å². The minimum atomic E-state index is -1.07. The van der Waals surface area contributed by atoms with Crippen LogP contribution >= 0.6 is 0 Å². The minimum Gasteiger partial charge on any atom is -0.481 e. The Morgan fingerprint density at radius 3 is 1.88 bits per heavy atom. The summed E-state index contributed by atoms with van der Waals surface area (Å²) in [6, 6.07) is 11.6. The van der Waals surface area contributed by atoms with E-state index in [0.717, 1.165) is 23.8 Å². The Bertz CT molecular complexity index is 1640. The van der Waals surface area contributed by atoms with E-state index in [2.05, 4.69) is 24.5 Å². The average Bonchev–Trinajstić information content (AvgIpc) is 3.61.